The Hall–Kier alpha value is -2.06. The number of nitrogens with zero attached hydrogens (tertiary/aromatic N) is 3. The largest absolute Gasteiger partial charge is 0.345 e. The Morgan fingerprint density at radius 2 is 2.40 bits per heavy atom. The summed E-state index contributed by atoms with van der Waals surface area (Å²) in [6, 6.07) is 3.79. The number of carbonyl (C=O) groups excluding carboxylic acids is 1. The molecule has 0 saturated carbocycles. The summed E-state index contributed by atoms with van der Waals surface area (Å²) >= 11 is 6.15. The van der Waals surface area contributed by atoms with Crippen molar-refractivity contribution in [2.24, 2.45) is 5.92 Å². The molecule has 0 aliphatic carbocycles. The molecule has 0 radical (unpaired) electrons. The fraction of sp³-hybridized carbons (Fsp3) is 0.357. The fourth-order valence-corrected chi connectivity index (χ4v) is 2.33. The molecule has 20 heavy (non-hydrogen) atoms. The van der Waals surface area contributed by atoms with Gasteiger partial charge in [0, 0.05) is 25.5 Å². The minimum absolute atomic E-state index is 0.143. The van der Waals surface area contributed by atoms with Gasteiger partial charge in [0.15, 0.2) is 0 Å². The molecule has 2 aromatic rings. The second kappa shape index (κ2) is 5.93. The summed E-state index contributed by atoms with van der Waals surface area (Å²) in [5.41, 5.74) is 1.08. The lowest BCUT2D eigenvalue weighted by Crippen LogP contribution is -2.34. The van der Waals surface area contributed by atoms with Gasteiger partial charge >= 0.3 is 0 Å². The standard InChI is InChI=1S/C14H15ClN4O/c1-3-19(8-9(2)6-16)14(20)10-7-18-13-12(10)11(15)4-5-17-13/h4-5,7,9H,3,8H2,1-2H3,(H,17,18). The molecule has 1 unspecified atom stereocenters. The average molecular weight is 291 g/mol. The molecule has 0 aliphatic heterocycles. The zero-order chi connectivity index (χ0) is 14.7. The smallest absolute Gasteiger partial charge is 0.256 e. The molecule has 2 aromatic heterocycles. The quantitative estimate of drug-likeness (QED) is 0.941. The number of fused-ring (bicyclic) bond motifs is 1. The Labute approximate surface area is 122 Å². The predicted octanol–water partition coefficient (Wildman–Crippen LogP) is 2.84. The summed E-state index contributed by atoms with van der Waals surface area (Å²) in [7, 11) is 0. The van der Waals surface area contributed by atoms with Crippen LogP contribution >= 0.6 is 11.6 Å². The number of halogens is 1. The van der Waals surface area contributed by atoms with Crippen LogP contribution in [-0.2, 0) is 0 Å². The molecule has 1 atom stereocenters. The number of rotatable bonds is 4. The van der Waals surface area contributed by atoms with Crippen molar-refractivity contribution in [3.05, 3.63) is 29.0 Å². The molecular weight excluding hydrogens is 276 g/mol. The maximum absolute atomic E-state index is 12.6. The van der Waals surface area contributed by atoms with Crippen molar-refractivity contribution in [3.8, 4) is 6.07 Å². The van der Waals surface area contributed by atoms with Gasteiger partial charge in [-0.15, -0.1) is 0 Å². The number of carbonyl (C=O) groups is 1. The summed E-state index contributed by atoms with van der Waals surface area (Å²) in [6.07, 6.45) is 3.20. The van der Waals surface area contributed by atoms with E-state index in [0.717, 1.165) is 0 Å². The molecule has 5 nitrogen and oxygen atoms in total. The highest BCUT2D eigenvalue weighted by atomic mass is 35.5. The van der Waals surface area contributed by atoms with Crippen molar-refractivity contribution >= 4 is 28.5 Å². The van der Waals surface area contributed by atoms with Gasteiger partial charge in [-0.25, -0.2) is 4.98 Å². The van der Waals surface area contributed by atoms with Gasteiger partial charge in [0.2, 0.25) is 0 Å². The van der Waals surface area contributed by atoms with Gasteiger partial charge in [0.25, 0.3) is 5.91 Å². The van der Waals surface area contributed by atoms with Crippen LogP contribution in [0, 0.1) is 17.2 Å². The highest BCUT2D eigenvalue weighted by Gasteiger charge is 2.21. The van der Waals surface area contributed by atoms with E-state index in [1.807, 2.05) is 6.92 Å². The van der Waals surface area contributed by atoms with E-state index in [1.165, 1.54) is 0 Å². The van der Waals surface area contributed by atoms with Crippen LogP contribution in [0.1, 0.15) is 24.2 Å². The van der Waals surface area contributed by atoms with Crippen LogP contribution in [0.3, 0.4) is 0 Å². The van der Waals surface area contributed by atoms with Crippen LogP contribution < -0.4 is 0 Å². The summed E-state index contributed by atoms with van der Waals surface area (Å²) in [6.45, 7) is 4.61. The molecule has 6 heteroatoms. The van der Waals surface area contributed by atoms with Gasteiger partial charge < -0.3 is 9.88 Å². The number of aromatic amines is 1. The zero-order valence-corrected chi connectivity index (χ0v) is 12.1. The maximum atomic E-state index is 12.6. The molecule has 2 rings (SSSR count). The van der Waals surface area contributed by atoms with E-state index < -0.39 is 0 Å². The van der Waals surface area contributed by atoms with Gasteiger partial charge in [-0.3, -0.25) is 4.79 Å². The predicted molar refractivity (Wildman–Crippen MR) is 77.5 cm³/mol. The Morgan fingerprint density at radius 1 is 1.65 bits per heavy atom. The molecule has 0 saturated heterocycles. The number of hydrogen-bond donors (Lipinski definition) is 1. The van der Waals surface area contributed by atoms with Crippen LogP contribution in [-0.4, -0.2) is 33.9 Å². The number of nitrogens with one attached hydrogen (secondary N) is 1. The summed E-state index contributed by atoms with van der Waals surface area (Å²) in [5.74, 6) is -0.353. The molecular formula is C14H15ClN4O. The van der Waals surface area contributed by atoms with Crippen LogP contribution in [0.2, 0.25) is 5.02 Å². The van der Waals surface area contributed by atoms with Crippen LogP contribution in [0.25, 0.3) is 11.0 Å². The molecule has 1 amide bonds. The third-order valence-electron chi connectivity index (χ3n) is 3.14. The lowest BCUT2D eigenvalue weighted by atomic mass is 10.1. The number of aromatic nitrogens is 2. The second-order valence-electron chi connectivity index (χ2n) is 4.59. The van der Waals surface area contributed by atoms with E-state index in [1.54, 1.807) is 30.3 Å². The number of pyridine rings is 1. The van der Waals surface area contributed by atoms with E-state index in [9.17, 15) is 4.79 Å². The Morgan fingerprint density at radius 3 is 3.05 bits per heavy atom. The highest BCUT2D eigenvalue weighted by Crippen LogP contribution is 2.26. The van der Waals surface area contributed by atoms with E-state index in [-0.39, 0.29) is 11.8 Å². The van der Waals surface area contributed by atoms with Gasteiger partial charge in [0.05, 0.1) is 28.0 Å². The van der Waals surface area contributed by atoms with Crippen molar-refractivity contribution in [3.63, 3.8) is 0 Å². The molecule has 2 heterocycles. The highest BCUT2D eigenvalue weighted by molar-refractivity contribution is 6.36. The molecule has 0 fully saturated rings. The van der Waals surface area contributed by atoms with Gasteiger partial charge in [-0.05, 0) is 19.9 Å². The van der Waals surface area contributed by atoms with E-state index in [2.05, 4.69) is 16.0 Å². The number of amides is 1. The van der Waals surface area contributed by atoms with E-state index in [0.29, 0.717) is 34.7 Å². The lowest BCUT2D eigenvalue weighted by molar-refractivity contribution is 0.0754. The number of hydrogen-bond acceptors (Lipinski definition) is 3. The van der Waals surface area contributed by atoms with Crippen molar-refractivity contribution in [1.82, 2.24) is 14.9 Å². The molecule has 0 bridgehead atoms. The Bertz CT molecular complexity index is 673. The SMILES string of the molecule is CCN(CC(C)C#N)C(=O)c1c[nH]c2nccc(Cl)c12. The number of nitriles is 1. The second-order valence-corrected chi connectivity index (χ2v) is 5.00. The Balaban J connectivity index is 2.38. The summed E-state index contributed by atoms with van der Waals surface area (Å²) in [5, 5.41) is 10.00. The van der Waals surface area contributed by atoms with Crippen molar-refractivity contribution in [1.29, 1.82) is 5.26 Å². The topological polar surface area (TPSA) is 72.8 Å². The summed E-state index contributed by atoms with van der Waals surface area (Å²) in [4.78, 5) is 21.3. The van der Waals surface area contributed by atoms with E-state index in [4.69, 9.17) is 16.9 Å². The van der Waals surface area contributed by atoms with Gasteiger partial charge in [-0.2, -0.15) is 5.26 Å². The fourth-order valence-electron chi connectivity index (χ4n) is 2.08. The molecule has 1 N–H and O–H groups in total. The minimum Gasteiger partial charge on any atom is -0.345 e. The Kier molecular flexibility index (Phi) is 4.26. The van der Waals surface area contributed by atoms with Crippen LogP contribution in [0.5, 0.6) is 0 Å². The third-order valence-corrected chi connectivity index (χ3v) is 3.45. The minimum atomic E-state index is -0.210. The summed E-state index contributed by atoms with van der Waals surface area (Å²) < 4.78 is 0. The first-order chi connectivity index (χ1) is 9.58. The average Bonchev–Trinajstić information content (AvgIpc) is 2.89. The first-order valence-electron chi connectivity index (χ1n) is 6.39. The van der Waals surface area contributed by atoms with Gasteiger partial charge in [-0.1, -0.05) is 11.6 Å². The lowest BCUT2D eigenvalue weighted by Gasteiger charge is -2.21. The third kappa shape index (κ3) is 2.61. The monoisotopic (exact) mass is 290 g/mol. The first kappa shape index (κ1) is 14.4. The van der Waals surface area contributed by atoms with Crippen molar-refractivity contribution < 1.29 is 4.79 Å². The van der Waals surface area contributed by atoms with Gasteiger partial charge in [0.1, 0.15) is 5.65 Å². The molecule has 104 valence electrons. The number of H-pyrrole nitrogens is 1. The first-order valence-corrected chi connectivity index (χ1v) is 6.76. The maximum Gasteiger partial charge on any atom is 0.256 e. The van der Waals surface area contributed by atoms with E-state index >= 15 is 0 Å². The molecule has 0 aromatic carbocycles. The zero-order valence-electron chi connectivity index (χ0n) is 11.4. The normalized spacial score (nSPS) is 12.1. The molecule has 0 spiro atoms. The van der Waals surface area contributed by atoms with Crippen molar-refractivity contribution in [2.45, 2.75) is 13.8 Å². The van der Waals surface area contributed by atoms with Crippen LogP contribution in [0.15, 0.2) is 18.5 Å². The van der Waals surface area contributed by atoms with Crippen LogP contribution in [0.4, 0.5) is 0 Å². The van der Waals surface area contributed by atoms with Crippen molar-refractivity contribution in [2.75, 3.05) is 13.1 Å². The molecule has 0 aliphatic rings.